The number of amides is 2. The maximum Gasteiger partial charge on any atom is 0.292 e. The summed E-state index contributed by atoms with van der Waals surface area (Å²) in [5.74, 6) is 0.422. The number of nitrogens with zero attached hydrogens (tertiary/aromatic N) is 6. The molecule has 52 heavy (non-hydrogen) atoms. The van der Waals surface area contributed by atoms with Gasteiger partial charge in [0.15, 0.2) is 11.2 Å². The summed E-state index contributed by atoms with van der Waals surface area (Å²) < 4.78 is 29.3. The second kappa shape index (κ2) is 17.9. The topological polar surface area (TPSA) is 208 Å². The van der Waals surface area contributed by atoms with E-state index in [4.69, 9.17) is 39.9 Å². The number of hydrogen-bond donors (Lipinski definition) is 3. The molecule has 5 N–H and O–H groups in total. The molecule has 0 unspecified atom stereocenters. The number of benzene rings is 2. The van der Waals surface area contributed by atoms with Crippen molar-refractivity contribution in [3.05, 3.63) is 59.4 Å². The lowest BCUT2D eigenvalue weighted by Gasteiger charge is -2.29. The maximum absolute atomic E-state index is 12.9. The number of carbonyl (C=O) groups is 2. The van der Waals surface area contributed by atoms with Gasteiger partial charge in [-0.2, -0.15) is 10.1 Å². The van der Waals surface area contributed by atoms with Gasteiger partial charge in [0.2, 0.25) is 11.8 Å². The van der Waals surface area contributed by atoms with Crippen LogP contribution in [0.3, 0.4) is 0 Å². The first kappa shape index (κ1) is 36.6. The number of fused-ring (bicyclic) bond motifs is 3. The fraction of sp³-hybridized carbons (Fsp3) is 0.444. The summed E-state index contributed by atoms with van der Waals surface area (Å²) in [6.45, 7) is 7.45. The van der Waals surface area contributed by atoms with Crippen molar-refractivity contribution in [2.75, 3.05) is 77.4 Å². The second-order valence-corrected chi connectivity index (χ2v) is 12.3. The first-order valence-corrected chi connectivity index (χ1v) is 17.5. The molecule has 0 bridgehead atoms. The lowest BCUT2D eigenvalue weighted by molar-refractivity contribution is -0.133. The average Bonchev–Trinajstić information content (AvgIpc) is 3.72. The number of nitrogen functional groups attached to an aromatic ring is 2. The van der Waals surface area contributed by atoms with Crippen LogP contribution in [0.4, 0.5) is 11.8 Å². The van der Waals surface area contributed by atoms with Crippen LogP contribution in [0.2, 0.25) is 0 Å². The Kier molecular flexibility index (Phi) is 12.6. The smallest absolute Gasteiger partial charge is 0.292 e. The standard InChI is InChI=1S/C36H45N9O7/c1-2-30(46)39-9-12-49-14-16-51-18-17-50-15-13-48-11-8-31(47)44-10-7-25-19-24(3-4-27(25)22-44)21-45-35-32(34(37)40-23-41-35)33(43-45)26-5-6-29-28(20-26)42-36(38)52-29/h3-6,19-20,23H,2,7-18,21-22H2,1H3,(H2,38,42)(H,39,46)(H2,37,40,41). The molecule has 16 nitrogen and oxygen atoms in total. The molecule has 1 aliphatic rings. The van der Waals surface area contributed by atoms with Gasteiger partial charge in [-0.25, -0.2) is 14.6 Å². The van der Waals surface area contributed by atoms with E-state index in [0.29, 0.717) is 126 Å². The van der Waals surface area contributed by atoms with Gasteiger partial charge in [-0.15, -0.1) is 0 Å². The van der Waals surface area contributed by atoms with Gasteiger partial charge in [0.1, 0.15) is 23.4 Å². The summed E-state index contributed by atoms with van der Waals surface area (Å²) in [5.41, 5.74) is 18.8. The minimum Gasteiger partial charge on any atom is -0.424 e. The van der Waals surface area contributed by atoms with E-state index in [-0.39, 0.29) is 17.8 Å². The molecule has 0 saturated carbocycles. The fourth-order valence-electron chi connectivity index (χ4n) is 5.99. The second-order valence-electron chi connectivity index (χ2n) is 12.3. The highest BCUT2D eigenvalue weighted by Gasteiger charge is 2.22. The molecule has 1 aliphatic heterocycles. The average molecular weight is 716 g/mol. The fourth-order valence-corrected chi connectivity index (χ4v) is 5.99. The van der Waals surface area contributed by atoms with E-state index in [2.05, 4.69) is 38.5 Å². The quantitative estimate of drug-likeness (QED) is 0.105. The van der Waals surface area contributed by atoms with Crippen molar-refractivity contribution in [1.82, 2.24) is 34.9 Å². The molecule has 3 aromatic heterocycles. The maximum atomic E-state index is 12.9. The number of nitrogens with two attached hydrogens (primary N) is 2. The third-order valence-corrected chi connectivity index (χ3v) is 8.67. The van der Waals surface area contributed by atoms with Crippen LogP contribution in [0.15, 0.2) is 47.1 Å². The number of anilines is 2. The Balaban J connectivity index is 0.916. The first-order chi connectivity index (χ1) is 25.4. The molecular formula is C36H45N9O7. The van der Waals surface area contributed by atoms with Crippen LogP contribution in [-0.2, 0) is 48.0 Å². The predicted octanol–water partition coefficient (Wildman–Crippen LogP) is 2.71. The van der Waals surface area contributed by atoms with Gasteiger partial charge in [0.25, 0.3) is 6.01 Å². The van der Waals surface area contributed by atoms with Gasteiger partial charge in [-0.3, -0.25) is 9.59 Å². The zero-order chi connectivity index (χ0) is 36.3. The lowest BCUT2D eigenvalue weighted by Crippen LogP contribution is -2.36. The normalized spacial score (nSPS) is 12.8. The molecular weight excluding hydrogens is 670 g/mol. The number of oxazole rings is 1. The molecule has 0 fully saturated rings. The van der Waals surface area contributed by atoms with E-state index in [9.17, 15) is 9.59 Å². The van der Waals surface area contributed by atoms with Gasteiger partial charge >= 0.3 is 0 Å². The monoisotopic (exact) mass is 715 g/mol. The summed E-state index contributed by atoms with van der Waals surface area (Å²) in [4.78, 5) is 39.0. The number of carbonyl (C=O) groups excluding carboxylic acids is 2. The molecule has 5 aromatic rings. The minimum absolute atomic E-state index is 0.0138. The molecule has 0 spiro atoms. The molecule has 4 heterocycles. The molecule has 0 radical (unpaired) electrons. The number of aromatic nitrogens is 5. The Labute approximate surface area is 300 Å². The highest BCUT2D eigenvalue weighted by molar-refractivity contribution is 5.99. The summed E-state index contributed by atoms with van der Waals surface area (Å²) in [6, 6.07) is 12.0. The SMILES string of the molecule is CCC(=O)NCCOCCOCCOCCOCCC(=O)N1CCc2cc(Cn3nc(-c4ccc5oc(N)nc5c4)c4c(N)ncnc43)ccc2C1. The van der Waals surface area contributed by atoms with Crippen LogP contribution < -0.4 is 16.8 Å². The first-order valence-electron chi connectivity index (χ1n) is 17.5. The zero-order valence-corrected chi connectivity index (χ0v) is 29.3. The van der Waals surface area contributed by atoms with E-state index in [1.165, 1.54) is 11.9 Å². The number of ether oxygens (including phenoxy) is 4. The van der Waals surface area contributed by atoms with E-state index in [0.717, 1.165) is 23.1 Å². The van der Waals surface area contributed by atoms with Gasteiger partial charge in [0, 0.05) is 31.6 Å². The van der Waals surface area contributed by atoms with Crippen LogP contribution in [0.1, 0.15) is 36.5 Å². The Bertz CT molecular complexity index is 1980. The number of hydrogen-bond acceptors (Lipinski definition) is 13. The summed E-state index contributed by atoms with van der Waals surface area (Å²) in [6.07, 6.45) is 2.98. The molecule has 2 aromatic carbocycles. The van der Waals surface area contributed by atoms with Crippen molar-refractivity contribution in [3.8, 4) is 11.3 Å². The van der Waals surface area contributed by atoms with E-state index >= 15 is 0 Å². The minimum atomic E-state index is 0.0138. The molecule has 6 rings (SSSR count). The van der Waals surface area contributed by atoms with Crippen molar-refractivity contribution >= 4 is 45.8 Å². The molecule has 2 amide bonds. The van der Waals surface area contributed by atoms with Crippen molar-refractivity contribution in [3.63, 3.8) is 0 Å². The van der Waals surface area contributed by atoms with Gasteiger partial charge in [-0.05, 0) is 41.3 Å². The van der Waals surface area contributed by atoms with Crippen LogP contribution in [0.25, 0.3) is 33.4 Å². The van der Waals surface area contributed by atoms with E-state index < -0.39 is 0 Å². The molecule has 0 aliphatic carbocycles. The highest BCUT2D eigenvalue weighted by Crippen LogP contribution is 2.33. The molecule has 0 saturated heterocycles. The highest BCUT2D eigenvalue weighted by atomic mass is 16.6. The van der Waals surface area contributed by atoms with Crippen molar-refractivity contribution in [2.45, 2.75) is 39.3 Å². The van der Waals surface area contributed by atoms with Gasteiger partial charge in [-0.1, -0.05) is 25.1 Å². The van der Waals surface area contributed by atoms with Crippen LogP contribution in [0.5, 0.6) is 0 Å². The third-order valence-electron chi connectivity index (χ3n) is 8.67. The van der Waals surface area contributed by atoms with E-state index in [1.54, 1.807) is 6.07 Å². The molecule has 16 heteroatoms. The van der Waals surface area contributed by atoms with Crippen LogP contribution in [-0.4, -0.2) is 107 Å². The van der Waals surface area contributed by atoms with E-state index in [1.807, 2.05) is 28.6 Å². The van der Waals surface area contributed by atoms with Crippen LogP contribution >= 0.6 is 0 Å². The Morgan fingerprint density at radius 2 is 1.65 bits per heavy atom. The summed E-state index contributed by atoms with van der Waals surface area (Å²) in [5, 5.41) is 8.33. The van der Waals surface area contributed by atoms with Crippen molar-refractivity contribution in [2.24, 2.45) is 0 Å². The van der Waals surface area contributed by atoms with Gasteiger partial charge < -0.3 is 45.0 Å². The Morgan fingerprint density at radius 3 is 2.42 bits per heavy atom. The van der Waals surface area contributed by atoms with Crippen molar-refractivity contribution in [1.29, 1.82) is 0 Å². The molecule has 276 valence electrons. The van der Waals surface area contributed by atoms with Crippen molar-refractivity contribution < 1.29 is 33.0 Å². The summed E-state index contributed by atoms with van der Waals surface area (Å²) in [7, 11) is 0. The Morgan fingerprint density at radius 1 is 0.904 bits per heavy atom. The molecule has 0 atom stereocenters. The van der Waals surface area contributed by atoms with Crippen LogP contribution in [0, 0.1) is 0 Å². The lowest BCUT2D eigenvalue weighted by atomic mass is 9.97. The third kappa shape index (κ3) is 9.38. The largest absolute Gasteiger partial charge is 0.424 e. The zero-order valence-electron chi connectivity index (χ0n) is 29.3. The van der Waals surface area contributed by atoms with Gasteiger partial charge in [0.05, 0.1) is 71.2 Å². The number of nitrogens with one attached hydrogen (secondary N) is 1. The predicted molar refractivity (Wildman–Crippen MR) is 193 cm³/mol. The Hall–Kier alpha value is -5.16. The number of rotatable bonds is 19. The summed E-state index contributed by atoms with van der Waals surface area (Å²) >= 11 is 0.